The first-order valence-corrected chi connectivity index (χ1v) is 6.75. The predicted octanol–water partition coefficient (Wildman–Crippen LogP) is 2.59. The van der Waals surface area contributed by atoms with E-state index in [0.29, 0.717) is 0 Å². The monoisotopic (exact) mass is 245 g/mol. The highest BCUT2D eigenvalue weighted by Crippen LogP contribution is 2.25. The van der Waals surface area contributed by atoms with Crippen LogP contribution in [0.2, 0.25) is 0 Å². The minimum atomic E-state index is 0.141. The van der Waals surface area contributed by atoms with Crippen LogP contribution in [0.25, 0.3) is 0 Å². The van der Waals surface area contributed by atoms with Crippen LogP contribution in [0.15, 0.2) is 24.3 Å². The summed E-state index contributed by atoms with van der Waals surface area (Å²) < 4.78 is 0. The van der Waals surface area contributed by atoms with Crippen LogP contribution in [0.3, 0.4) is 0 Å². The Labute approximate surface area is 109 Å². The maximum Gasteiger partial charge on any atom is 0.122 e. The summed E-state index contributed by atoms with van der Waals surface area (Å²) in [7, 11) is 0. The van der Waals surface area contributed by atoms with Crippen molar-refractivity contribution >= 4 is 5.84 Å². The van der Waals surface area contributed by atoms with Crippen LogP contribution in [0, 0.1) is 11.3 Å². The lowest BCUT2D eigenvalue weighted by Gasteiger charge is -2.27. The van der Waals surface area contributed by atoms with Gasteiger partial charge in [0.25, 0.3) is 0 Å². The number of nitrogen functional groups attached to an aromatic ring is 1. The predicted molar refractivity (Wildman–Crippen MR) is 75.7 cm³/mol. The summed E-state index contributed by atoms with van der Waals surface area (Å²) in [6, 6.07) is 8.78. The van der Waals surface area contributed by atoms with Gasteiger partial charge in [0.1, 0.15) is 5.84 Å². The van der Waals surface area contributed by atoms with E-state index < -0.39 is 0 Å². The molecule has 1 saturated heterocycles. The van der Waals surface area contributed by atoms with Crippen LogP contribution < -0.4 is 5.73 Å². The first-order chi connectivity index (χ1) is 8.58. The molecule has 0 aromatic heterocycles. The van der Waals surface area contributed by atoms with E-state index >= 15 is 0 Å². The third-order valence-electron chi connectivity index (χ3n) is 3.83. The highest BCUT2D eigenvalue weighted by molar-refractivity contribution is 5.94. The van der Waals surface area contributed by atoms with Gasteiger partial charge in [-0.15, -0.1) is 0 Å². The topological polar surface area (TPSA) is 53.1 Å². The molecule has 0 bridgehead atoms. The van der Waals surface area contributed by atoms with Gasteiger partial charge in [-0.1, -0.05) is 38.1 Å². The average Bonchev–Trinajstić information content (AvgIpc) is 2.78. The zero-order valence-electron chi connectivity index (χ0n) is 11.3. The second kappa shape index (κ2) is 5.53. The summed E-state index contributed by atoms with van der Waals surface area (Å²) in [6.07, 6.45) is 2.64. The second-order valence-electron chi connectivity index (χ2n) is 5.53. The lowest BCUT2D eigenvalue weighted by Crippen LogP contribution is -2.32. The molecular weight excluding hydrogens is 222 g/mol. The van der Waals surface area contributed by atoms with Crippen LogP contribution in [-0.2, 0) is 6.54 Å². The molecule has 1 aliphatic rings. The van der Waals surface area contributed by atoms with Gasteiger partial charge >= 0.3 is 0 Å². The molecule has 3 nitrogen and oxygen atoms in total. The SMILES string of the molecule is CC(C)C1CCCN1Cc1ccc(C(=N)N)cc1. The summed E-state index contributed by atoms with van der Waals surface area (Å²) >= 11 is 0. The van der Waals surface area contributed by atoms with Crippen LogP contribution in [0.4, 0.5) is 0 Å². The summed E-state index contributed by atoms with van der Waals surface area (Å²) in [6.45, 7) is 6.84. The number of nitrogens with zero attached hydrogens (tertiary/aromatic N) is 1. The van der Waals surface area contributed by atoms with E-state index in [4.69, 9.17) is 11.1 Å². The smallest absolute Gasteiger partial charge is 0.122 e. The van der Waals surface area contributed by atoms with E-state index in [-0.39, 0.29) is 5.84 Å². The molecule has 3 heteroatoms. The van der Waals surface area contributed by atoms with Crippen molar-refractivity contribution in [3.8, 4) is 0 Å². The van der Waals surface area contributed by atoms with E-state index in [2.05, 4.69) is 30.9 Å². The van der Waals surface area contributed by atoms with Crippen LogP contribution in [-0.4, -0.2) is 23.3 Å². The molecule has 1 unspecified atom stereocenters. The average molecular weight is 245 g/mol. The molecule has 98 valence electrons. The Balaban J connectivity index is 2.02. The minimum absolute atomic E-state index is 0.141. The molecule has 1 aliphatic heterocycles. The number of nitrogens with two attached hydrogens (primary N) is 1. The first-order valence-electron chi connectivity index (χ1n) is 6.75. The fourth-order valence-corrected chi connectivity index (χ4v) is 2.83. The van der Waals surface area contributed by atoms with Crippen molar-refractivity contribution in [2.24, 2.45) is 11.7 Å². The summed E-state index contributed by atoms with van der Waals surface area (Å²) in [5.41, 5.74) is 7.58. The van der Waals surface area contributed by atoms with E-state index in [0.717, 1.165) is 24.1 Å². The van der Waals surface area contributed by atoms with Crippen LogP contribution >= 0.6 is 0 Å². The molecule has 1 fully saturated rings. The van der Waals surface area contributed by atoms with E-state index in [1.807, 2.05) is 12.1 Å². The highest BCUT2D eigenvalue weighted by atomic mass is 15.2. The maximum atomic E-state index is 7.39. The number of amidine groups is 1. The van der Waals surface area contributed by atoms with Gasteiger partial charge in [-0.3, -0.25) is 10.3 Å². The minimum Gasteiger partial charge on any atom is -0.384 e. The fraction of sp³-hybridized carbons (Fsp3) is 0.533. The van der Waals surface area contributed by atoms with Crippen molar-refractivity contribution in [2.75, 3.05) is 6.54 Å². The number of nitrogens with one attached hydrogen (secondary N) is 1. The Bertz CT molecular complexity index is 408. The Hall–Kier alpha value is -1.35. The Morgan fingerprint density at radius 3 is 2.61 bits per heavy atom. The second-order valence-corrected chi connectivity index (χ2v) is 5.53. The van der Waals surface area contributed by atoms with Gasteiger partial charge in [0.2, 0.25) is 0 Å². The van der Waals surface area contributed by atoms with Crippen molar-refractivity contribution in [1.29, 1.82) is 5.41 Å². The van der Waals surface area contributed by atoms with Crippen molar-refractivity contribution in [1.82, 2.24) is 4.90 Å². The normalized spacial score (nSPS) is 20.5. The molecule has 0 radical (unpaired) electrons. The zero-order chi connectivity index (χ0) is 13.1. The number of hydrogen-bond acceptors (Lipinski definition) is 2. The molecule has 0 aliphatic carbocycles. The van der Waals surface area contributed by atoms with Gasteiger partial charge in [-0.2, -0.15) is 0 Å². The molecule has 3 N–H and O–H groups in total. The standard InChI is InChI=1S/C15H23N3/c1-11(2)14-4-3-9-18(14)10-12-5-7-13(8-6-12)15(16)17/h5-8,11,14H,3-4,9-10H2,1-2H3,(H3,16,17). The Morgan fingerprint density at radius 1 is 1.39 bits per heavy atom. The summed E-state index contributed by atoms with van der Waals surface area (Å²) in [5.74, 6) is 0.867. The summed E-state index contributed by atoms with van der Waals surface area (Å²) in [5, 5.41) is 7.39. The molecule has 0 saturated carbocycles. The third-order valence-corrected chi connectivity index (χ3v) is 3.83. The maximum absolute atomic E-state index is 7.39. The molecule has 1 aromatic rings. The number of benzene rings is 1. The third kappa shape index (κ3) is 2.91. The Kier molecular flexibility index (Phi) is 4.02. The van der Waals surface area contributed by atoms with E-state index in [1.54, 1.807) is 0 Å². The van der Waals surface area contributed by atoms with Gasteiger partial charge in [0.05, 0.1) is 0 Å². The highest BCUT2D eigenvalue weighted by Gasteiger charge is 2.26. The van der Waals surface area contributed by atoms with E-state index in [9.17, 15) is 0 Å². The van der Waals surface area contributed by atoms with Gasteiger partial charge in [-0.05, 0) is 30.9 Å². The van der Waals surface area contributed by atoms with Gasteiger partial charge in [0, 0.05) is 18.2 Å². The largest absolute Gasteiger partial charge is 0.384 e. The van der Waals surface area contributed by atoms with E-state index in [1.165, 1.54) is 24.9 Å². The Morgan fingerprint density at radius 2 is 2.06 bits per heavy atom. The summed E-state index contributed by atoms with van der Waals surface area (Å²) in [4.78, 5) is 2.58. The zero-order valence-corrected chi connectivity index (χ0v) is 11.3. The van der Waals surface area contributed by atoms with Crippen LogP contribution in [0.5, 0.6) is 0 Å². The quantitative estimate of drug-likeness (QED) is 0.633. The number of hydrogen-bond donors (Lipinski definition) is 2. The van der Waals surface area contributed by atoms with Crippen molar-refractivity contribution < 1.29 is 0 Å². The molecule has 2 rings (SSSR count). The van der Waals surface area contributed by atoms with Gasteiger partial charge < -0.3 is 5.73 Å². The molecular formula is C15H23N3. The first kappa shape index (κ1) is 13.1. The molecule has 0 spiro atoms. The van der Waals surface area contributed by atoms with Gasteiger partial charge in [0.15, 0.2) is 0 Å². The molecule has 18 heavy (non-hydrogen) atoms. The molecule has 1 aromatic carbocycles. The van der Waals surface area contributed by atoms with Crippen molar-refractivity contribution in [3.63, 3.8) is 0 Å². The van der Waals surface area contributed by atoms with Crippen molar-refractivity contribution in [2.45, 2.75) is 39.3 Å². The fourth-order valence-electron chi connectivity index (χ4n) is 2.83. The lowest BCUT2D eigenvalue weighted by molar-refractivity contribution is 0.199. The van der Waals surface area contributed by atoms with Gasteiger partial charge in [-0.25, -0.2) is 0 Å². The molecule has 1 atom stereocenters. The lowest BCUT2D eigenvalue weighted by atomic mass is 10.0. The van der Waals surface area contributed by atoms with Crippen LogP contribution in [0.1, 0.15) is 37.8 Å². The molecule has 1 heterocycles. The van der Waals surface area contributed by atoms with Crippen molar-refractivity contribution in [3.05, 3.63) is 35.4 Å². The number of rotatable bonds is 4. The number of likely N-dealkylation sites (tertiary alicyclic amines) is 1. The molecule has 0 amide bonds.